The van der Waals surface area contributed by atoms with Crippen LogP contribution in [0.4, 0.5) is 11.5 Å². The van der Waals surface area contributed by atoms with Gasteiger partial charge in [-0.3, -0.25) is 4.79 Å². The first-order chi connectivity index (χ1) is 7.81. The van der Waals surface area contributed by atoms with E-state index in [-0.39, 0.29) is 11.8 Å². The van der Waals surface area contributed by atoms with Crippen molar-refractivity contribution in [2.75, 3.05) is 10.6 Å². The van der Waals surface area contributed by atoms with Gasteiger partial charge in [0.05, 0.1) is 11.9 Å². The molecule has 0 bridgehead atoms. The van der Waals surface area contributed by atoms with Crippen LogP contribution in [0.3, 0.4) is 0 Å². The first-order valence-electron chi connectivity index (χ1n) is 5.85. The zero-order valence-electron chi connectivity index (χ0n) is 9.07. The summed E-state index contributed by atoms with van der Waals surface area (Å²) in [6, 6.07) is 4.45. The van der Waals surface area contributed by atoms with E-state index in [0.717, 1.165) is 18.5 Å². The van der Waals surface area contributed by atoms with Gasteiger partial charge in [-0.1, -0.05) is 0 Å². The van der Waals surface area contributed by atoms with Gasteiger partial charge in [-0.05, 0) is 37.8 Å². The van der Waals surface area contributed by atoms with E-state index in [1.807, 2.05) is 12.1 Å². The highest BCUT2D eigenvalue weighted by atomic mass is 16.2. The van der Waals surface area contributed by atoms with E-state index in [9.17, 15) is 4.79 Å². The van der Waals surface area contributed by atoms with Crippen LogP contribution in [-0.2, 0) is 4.79 Å². The van der Waals surface area contributed by atoms with Crippen LogP contribution < -0.4 is 10.6 Å². The lowest BCUT2D eigenvalue weighted by Gasteiger charge is -2.06. The predicted molar refractivity (Wildman–Crippen MR) is 62.2 cm³/mol. The van der Waals surface area contributed by atoms with Crippen LogP contribution in [0.15, 0.2) is 18.3 Å². The molecule has 4 heteroatoms. The van der Waals surface area contributed by atoms with Crippen LogP contribution in [0.5, 0.6) is 0 Å². The fourth-order valence-corrected chi connectivity index (χ4v) is 1.59. The molecule has 0 atom stereocenters. The molecular weight excluding hydrogens is 202 g/mol. The normalized spacial score (nSPS) is 19.2. The Hall–Kier alpha value is -1.58. The Bertz CT molecular complexity index is 393. The van der Waals surface area contributed by atoms with E-state index < -0.39 is 0 Å². The Morgan fingerprint density at radius 2 is 2.06 bits per heavy atom. The molecule has 1 heterocycles. The summed E-state index contributed by atoms with van der Waals surface area (Å²) in [7, 11) is 0. The molecule has 4 nitrogen and oxygen atoms in total. The Labute approximate surface area is 94.5 Å². The Kier molecular flexibility index (Phi) is 2.27. The number of nitrogens with zero attached hydrogens (tertiary/aromatic N) is 1. The Morgan fingerprint density at radius 1 is 1.25 bits per heavy atom. The van der Waals surface area contributed by atoms with Crippen LogP contribution in [0.2, 0.25) is 0 Å². The summed E-state index contributed by atoms with van der Waals surface area (Å²) in [4.78, 5) is 15.7. The van der Waals surface area contributed by atoms with E-state index in [2.05, 4.69) is 15.6 Å². The van der Waals surface area contributed by atoms with Gasteiger partial charge in [0.25, 0.3) is 0 Å². The van der Waals surface area contributed by atoms with Crippen molar-refractivity contribution in [2.45, 2.75) is 31.7 Å². The predicted octanol–water partition coefficient (Wildman–Crippen LogP) is 2.00. The van der Waals surface area contributed by atoms with Gasteiger partial charge in [0.2, 0.25) is 5.91 Å². The second kappa shape index (κ2) is 3.77. The maximum Gasteiger partial charge on any atom is 0.228 e. The van der Waals surface area contributed by atoms with Crippen LogP contribution >= 0.6 is 0 Å². The number of carbonyl (C=O) groups excluding carboxylic acids is 1. The number of amides is 1. The average molecular weight is 217 g/mol. The molecular formula is C12H15N3O. The maximum atomic E-state index is 11.5. The SMILES string of the molecule is O=C(Nc1ccc(NC2CC2)cn1)C1CC1. The summed E-state index contributed by atoms with van der Waals surface area (Å²) in [6.07, 6.45) is 6.32. The molecule has 3 rings (SSSR count). The van der Waals surface area contributed by atoms with E-state index in [0.29, 0.717) is 11.9 Å². The third-order valence-corrected chi connectivity index (χ3v) is 2.91. The molecule has 1 aromatic rings. The average Bonchev–Trinajstić information content (AvgIpc) is 3.15. The quantitative estimate of drug-likeness (QED) is 0.811. The number of pyridine rings is 1. The van der Waals surface area contributed by atoms with Gasteiger partial charge in [0.15, 0.2) is 0 Å². The van der Waals surface area contributed by atoms with Crippen molar-refractivity contribution in [1.29, 1.82) is 0 Å². The molecule has 1 amide bonds. The van der Waals surface area contributed by atoms with Crippen LogP contribution in [-0.4, -0.2) is 16.9 Å². The first-order valence-corrected chi connectivity index (χ1v) is 5.85. The summed E-state index contributed by atoms with van der Waals surface area (Å²) in [5.74, 6) is 0.986. The maximum absolute atomic E-state index is 11.5. The van der Waals surface area contributed by atoms with Crippen LogP contribution in [0, 0.1) is 5.92 Å². The molecule has 2 fully saturated rings. The van der Waals surface area contributed by atoms with Crippen molar-refractivity contribution >= 4 is 17.4 Å². The highest BCUT2D eigenvalue weighted by Gasteiger charge is 2.29. The number of aromatic nitrogens is 1. The van der Waals surface area contributed by atoms with Crippen molar-refractivity contribution in [1.82, 2.24) is 4.98 Å². The molecule has 2 N–H and O–H groups in total. The summed E-state index contributed by atoms with van der Waals surface area (Å²) in [5.41, 5.74) is 1.03. The monoisotopic (exact) mass is 217 g/mol. The fourth-order valence-electron chi connectivity index (χ4n) is 1.59. The van der Waals surface area contributed by atoms with Crippen molar-refractivity contribution in [3.8, 4) is 0 Å². The van der Waals surface area contributed by atoms with E-state index in [1.165, 1.54) is 12.8 Å². The summed E-state index contributed by atoms with van der Waals surface area (Å²) >= 11 is 0. The molecule has 0 aliphatic heterocycles. The molecule has 0 spiro atoms. The molecule has 1 aromatic heterocycles. The molecule has 0 unspecified atom stereocenters. The molecule has 2 aliphatic rings. The van der Waals surface area contributed by atoms with Gasteiger partial charge < -0.3 is 10.6 Å². The molecule has 84 valence electrons. The zero-order valence-corrected chi connectivity index (χ0v) is 9.07. The van der Waals surface area contributed by atoms with E-state index in [4.69, 9.17) is 0 Å². The molecule has 0 radical (unpaired) electrons. The number of hydrogen-bond donors (Lipinski definition) is 2. The smallest absolute Gasteiger partial charge is 0.228 e. The second-order valence-corrected chi connectivity index (χ2v) is 4.61. The standard InChI is InChI=1S/C12H15N3O/c16-12(8-1-2-8)15-11-6-5-10(7-13-11)14-9-3-4-9/h5-9,14H,1-4H2,(H,13,15,16). The summed E-state index contributed by atoms with van der Waals surface area (Å²) in [5, 5.41) is 6.18. The molecule has 0 aromatic carbocycles. The number of anilines is 2. The highest BCUT2D eigenvalue weighted by molar-refractivity contribution is 5.93. The van der Waals surface area contributed by atoms with Gasteiger partial charge in [0.1, 0.15) is 5.82 Å². The van der Waals surface area contributed by atoms with Crippen LogP contribution in [0.1, 0.15) is 25.7 Å². The Balaban J connectivity index is 1.59. The number of hydrogen-bond acceptors (Lipinski definition) is 3. The van der Waals surface area contributed by atoms with Crippen LogP contribution in [0.25, 0.3) is 0 Å². The van der Waals surface area contributed by atoms with E-state index >= 15 is 0 Å². The number of carbonyl (C=O) groups is 1. The second-order valence-electron chi connectivity index (χ2n) is 4.61. The van der Waals surface area contributed by atoms with Crippen molar-refractivity contribution < 1.29 is 4.79 Å². The molecule has 2 saturated carbocycles. The lowest BCUT2D eigenvalue weighted by Crippen LogP contribution is -2.14. The summed E-state index contributed by atoms with van der Waals surface area (Å²) in [6.45, 7) is 0. The van der Waals surface area contributed by atoms with Gasteiger partial charge in [-0.15, -0.1) is 0 Å². The first kappa shape index (κ1) is 9.63. The van der Waals surface area contributed by atoms with Gasteiger partial charge in [0, 0.05) is 12.0 Å². The number of nitrogens with one attached hydrogen (secondary N) is 2. The van der Waals surface area contributed by atoms with Gasteiger partial charge >= 0.3 is 0 Å². The zero-order chi connectivity index (χ0) is 11.0. The topological polar surface area (TPSA) is 54.0 Å². The van der Waals surface area contributed by atoms with Crippen molar-refractivity contribution in [3.63, 3.8) is 0 Å². The third-order valence-electron chi connectivity index (χ3n) is 2.91. The fraction of sp³-hybridized carbons (Fsp3) is 0.500. The van der Waals surface area contributed by atoms with Gasteiger partial charge in [-0.25, -0.2) is 4.98 Å². The molecule has 0 saturated heterocycles. The molecule has 16 heavy (non-hydrogen) atoms. The highest BCUT2D eigenvalue weighted by Crippen LogP contribution is 2.30. The van der Waals surface area contributed by atoms with Gasteiger partial charge in [-0.2, -0.15) is 0 Å². The molecule has 2 aliphatic carbocycles. The number of rotatable bonds is 4. The lowest BCUT2D eigenvalue weighted by atomic mass is 10.3. The Morgan fingerprint density at radius 3 is 2.62 bits per heavy atom. The minimum absolute atomic E-state index is 0.107. The lowest BCUT2D eigenvalue weighted by molar-refractivity contribution is -0.117. The van der Waals surface area contributed by atoms with E-state index in [1.54, 1.807) is 6.20 Å². The minimum Gasteiger partial charge on any atom is -0.381 e. The van der Waals surface area contributed by atoms with Crippen molar-refractivity contribution in [3.05, 3.63) is 18.3 Å². The van der Waals surface area contributed by atoms with Crippen molar-refractivity contribution in [2.24, 2.45) is 5.92 Å². The third kappa shape index (κ3) is 2.32. The summed E-state index contributed by atoms with van der Waals surface area (Å²) < 4.78 is 0. The largest absolute Gasteiger partial charge is 0.381 e. The minimum atomic E-state index is 0.107.